The first-order valence-electron chi connectivity index (χ1n) is 7.84. The number of halogens is 1. The molecule has 0 unspecified atom stereocenters. The van der Waals surface area contributed by atoms with Gasteiger partial charge < -0.3 is 9.64 Å². The number of hydrogen-bond acceptors (Lipinski definition) is 7. The van der Waals surface area contributed by atoms with Gasteiger partial charge in [-0.05, 0) is 19.8 Å². The topological polar surface area (TPSA) is 133 Å². The van der Waals surface area contributed by atoms with E-state index in [9.17, 15) is 29.8 Å². The van der Waals surface area contributed by atoms with Crippen molar-refractivity contribution in [2.45, 2.75) is 19.8 Å². The van der Waals surface area contributed by atoms with E-state index in [1.165, 1.54) is 4.90 Å². The van der Waals surface area contributed by atoms with Crippen molar-refractivity contribution in [3.63, 3.8) is 0 Å². The van der Waals surface area contributed by atoms with Gasteiger partial charge in [-0.3, -0.25) is 29.8 Å². The van der Waals surface area contributed by atoms with Crippen molar-refractivity contribution in [1.29, 1.82) is 0 Å². The molecule has 1 aromatic rings. The smallest absolute Gasteiger partial charge is 0.309 e. The summed E-state index contributed by atoms with van der Waals surface area (Å²) in [5, 5.41) is 21.5. The Hall–Kier alpha value is -2.75. The Balaban J connectivity index is 2.21. The number of amides is 1. The molecule has 0 bridgehead atoms. The Labute approximate surface area is 153 Å². The number of carbonyl (C=O) groups is 2. The number of hydrogen-bond donors (Lipinski definition) is 0. The first kappa shape index (κ1) is 19.6. The molecule has 1 aliphatic heterocycles. The molecule has 0 atom stereocenters. The molecule has 0 radical (unpaired) electrons. The van der Waals surface area contributed by atoms with Gasteiger partial charge in [-0.2, -0.15) is 0 Å². The first-order valence-corrected chi connectivity index (χ1v) is 8.22. The van der Waals surface area contributed by atoms with Gasteiger partial charge >= 0.3 is 5.97 Å². The third-order valence-electron chi connectivity index (χ3n) is 4.08. The predicted octanol–water partition coefficient (Wildman–Crippen LogP) is 2.57. The summed E-state index contributed by atoms with van der Waals surface area (Å²) in [4.78, 5) is 46.1. The van der Waals surface area contributed by atoms with Crippen LogP contribution in [0.1, 0.15) is 30.1 Å². The van der Waals surface area contributed by atoms with Gasteiger partial charge in [0, 0.05) is 25.2 Å². The van der Waals surface area contributed by atoms with E-state index in [2.05, 4.69) is 0 Å². The van der Waals surface area contributed by atoms with Crippen molar-refractivity contribution in [2.24, 2.45) is 5.92 Å². The molecule has 140 valence electrons. The number of esters is 1. The summed E-state index contributed by atoms with van der Waals surface area (Å²) in [5.74, 6) is -1.22. The minimum atomic E-state index is -0.876. The van der Waals surface area contributed by atoms with Gasteiger partial charge in [0.05, 0.1) is 27.9 Å². The van der Waals surface area contributed by atoms with Gasteiger partial charge in [-0.15, -0.1) is 0 Å². The molecule has 0 N–H and O–H groups in total. The van der Waals surface area contributed by atoms with Crippen LogP contribution in [-0.2, 0) is 9.53 Å². The second-order valence-electron chi connectivity index (χ2n) is 5.66. The lowest BCUT2D eigenvalue weighted by Crippen LogP contribution is -2.40. The van der Waals surface area contributed by atoms with E-state index in [0.29, 0.717) is 12.8 Å². The summed E-state index contributed by atoms with van der Waals surface area (Å²) in [5.41, 5.74) is -1.60. The van der Waals surface area contributed by atoms with E-state index in [0.717, 1.165) is 12.1 Å². The van der Waals surface area contributed by atoms with Crippen molar-refractivity contribution in [3.05, 3.63) is 42.9 Å². The zero-order valence-corrected chi connectivity index (χ0v) is 14.6. The molecule has 2 rings (SSSR count). The summed E-state index contributed by atoms with van der Waals surface area (Å²) in [6.07, 6.45) is 0.782. The lowest BCUT2D eigenvalue weighted by molar-refractivity contribution is -0.393. The molecule has 0 spiro atoms. The van der Waals surface area contributed by atoms with Crippen LogP contribution in [0.2, 0.25) is 5.02 Å². The second kappa shape index (κ2) is 8.09. The standard InChI is InChI=1S/C15H16ClN3O7/c1-2-26-15(21)9-3-5-17(6-4-9)14(20)10-7-11(18(22)23)13(16)12(8-10)19(24)25/h7-9H,2-6H2,1H3. The lowest BCUT2D eigenvalue weighted by Gasteiger charge is -2.30. The molecule has 0 aliphatic carbocycles. The number of nitro groups is 2. The lowest BCUT2D eigenvalue weighted by atomic mass is 9.96. The van der Waals surface area contributed by atoms with Gasteiger partial charge in [-0.1, -0.05) is 11.6 Å². The van der Waals surface area contributed by atoms with E-state index in [4.69, 9.17) is 16.3 Å². The number of nitro benzene ring substituents is 2. The number of piperidine rings is 1. The minimum absolute atomic E-state index is 0.192. The van der Waals surface area contributed by atoms with E-state index >= 15 is 0 Å². The van der Waals surface area contributed by atoms with Crippen LogP contribution in [0, 0.1) is 26.1 Å². The van der Waals surface area contributed by atoms with Gasteiger partial charge in [0.2, 0.25) is 0 Å². The van der Waals surface area contributed by atoms with Crippen LogP contribution in [0.5, 0.6) is 0 Å². The fraction of sp³-hybridized carbons (Fsp3) is 0.467. The molecule has 11 heteroatoms. The highest BCUT2D eigenvalue weighted by Gasteiger charge is 2.32. The fourth-order valence-electron chi connectivity index (χ4n) is 2.74. The number of carbonyl (C=O) groups excluding carboxylic acids is 2. The molecular weight excluding hydrogens is 370 g/mol. The van der Waals surface area contributed by atoms with E-state index < -0.39 is 32.2 Å². The van der Waals surface area contributed by atoms with Crippen molar-refractivity contribution in [2.75, 3.05) is 19.7 Å². The van der Waals surface area contributed by atoms with Crippen LogP contribution in [0.15, 0.2) is 12.1 Å². The number of likely N-dealkylation sites (tertiary alicyclic amines) is 1. The van der Waals surface area contributed by atoms with E-state index in [-0.39, 0.29) is 37.1 Å². The van der Waals surface area contributed by atoms with Crippen LogP contribution in [0.4, 0.5) is 11.4 Å². The Kier molecular flexibility index (Phi) is 6.09. The third kappa shape index (κ3) is 4.07. The van der Waals surface area contributed by atoms with E-state index in [1.54, 1.807) is 6.92 Å². The molecule has 1 saturated heterocycles. The summed E-state index contributed by atoms with van der Waals surface area (Å²) in [6, 6.07) is 1.85. The number of rotatable bonds is 5. The largest absolute Gasteiger partial charge is 0.466 e. The molecule has 10 nitrogen and oxygen atoms in total. The monoisotopic (exact) mass is 385 g/mol. The van der Waals surface area contributed by atoms with Crippen molar-refractivity contribution in [1.82, 2.24) is 4.90 Å². The summed E-state index contributed by atoms with van der Waals surface area (Å²) in [6.45, 7) is 2.46. The number of ether oxygens (including phenoxy) is 1. The molecule has 26 heavy (non-hydrogen) atoms. The highest BCUT2D eigenvalue weighted by Crippen LogP contribution is 2.35. The minimum Gasteiger partial charge on any atom is -0.466 e. The maximum Gasteiger partial charge on any atom is 0.309 e. The summed E-state index contributed by atoms with van der Waals surface area (Å²) < 4.78 is 4.95. The Morgan fingerprint density at radius 1 is 1.19 bits per heavy atom. The quantitative estimate of drug-likeness (QED) is 0.432. The van der Waals surface area contributed by atoms with E-state index in [1.807, 2.05) is 0 Å². The highest BCUT2D eigenvalue weighted by atomic mass is 35.5. The first-order chi connectivity index (χ1) is 12.3. The Morgan fingerprint density at radius 2 is 1.69 bits per heavy atom. The molecule has 1 heterocycles. The van der Waals surface area contributed by atoms with Crippen LogP contribution in [0.3, 0.4) is 0 Å². The van der Waals surface area contributed by atoms with Crippen molar-refractivity contribution < 1.29 is 24.2 Å². The fourth-order valence-corrected chi connectivity index (χ4v) is 2.99. The molecule has 0 aromatic heterocycles. The van der Waals surface area contributed by atoms with Gasteiger partial charge in [0.15, 0.2) is 5.02 Å². The van der Waals surface area contributed by atoms with Crippen LogP contribution >= 0.6 is 11.6 Å². The maximum atomic E-state index is 12.6. The summed E-state index contributed by atoms with van der Waals surface area (Å²) >= 11 is 5.69. The third-order valence-corrected chi connectivity index (χ3v) is 4.46. The molecule has 0 saturated carbocycles. The maximum absolute atomic E-state index is 12.6. The molecule has 1 amide bonds. The molecule has 1 fully saturated rings. The average Bonchev–Trinajstić information content (AvgIpc) is 2.61. The normalized spacial score (nSPS) is 14.8. The zero-order chi connectivity index (χ0) is 19.4. The highest BCUT2D eigenvalue weighted by molar-refractivity contribution is 6.35. The summed E-state index contributed by atoms with van der Waals surface area (Å²) in [7, 11) is 0. The van der Waals surface area contributed by atoms with Gasteiger partial charge in [-0.25, -0.2) is 0 Å². The molecular formula is C15H16ClN3O7. The Bertz CT molecular complexity index is 725. The van der Waals surface area contributed by atoms with Gasteiger partial charge in [0.1, 0.15) is 0 Å². The van der Waals surface area contributed by atoms with Crippen LogP contribution in [-0.4, -0.2) is 46.3 Å². The average molecular weight is 386 g/mol. The SMILES string of the molecule is CCOC(=O)C1CCN(C(=O)c2cc([N+](=O)[O-])c(Cl)c([N+](=O)[O-])c2)CC1. The van der Waals surface area contributed by atoms with Crippen molar-refractivity contribution in [3.8, 4) is 0 Å². The predicted molar refractivity (Wildman–Crippen MR) is 90.0 cm³/mol. The Morgan fingerprint density at radius 3 is 2.12 bits per heavy atom. The number of nitrogens with zero attached hydrogens (tertiary/aromatic N) is 3. The molecule has 1 aromatic carbocycles. The van der Waals surface area contributed by atoms with Crippen LogP contribution < -0.4 is 0 Å². The molecule has 1 aliphatic rings. The van der Waals surface area contributed by atoms with Gasteiger partial charge in [0.25, 0.3) is 17.3 Å². The second-order valence-corrected chi connectivity index (χ2v) is 6.04. The zero-order valence-electron chi connectivity index (χ0n) is 13.8. The van der Waals surface area contributed by atoms with Crippen molar-refractivity contribution >= 4 is 34.9 Å². The van der Waals surface area contributed by atoms with Crippen LogP contribution in [0.25, 0.3) is 0 Å². The number of benzene rings is 1.